The molecule has 1 aliphatic heterocycles. The highest BCUT2D eigenvalue weighted by molar-refractivity contribution is 7.18. The van der Waals surface area contributed by atoms with Gasteiger partial charge in [-0.05, 0) is 56.7 Å². The number of nitrogens with zero attached hydrogens (tertiary/aromatic N) is 1. The fraction of sp³-hybridized carbons (Fsp3) is 0.350. The molecule has 0 aliphatic carbocycles. The van der Waals surface area contributed by atoms with Crippen molar-refractivity contribution in [2.24, 2.45) is 0 Å². The van der Waals surface area contributed by atoms with Crippen LogP contribution in [0.4, 0.5) is 11.4 Å². The zero-order valence-electron chi connectivity index (χ0n) is 16.4. The van der Waals surface area contributed by atoms with Crippen molar-refractivity contribution in [3.8, 4) is 0 Å². The highest BCUT2D eigenvalue weighted by Crippen LogP contribution is 2.26. The number of benzene rings is 1. The van der Waals surface area contributed by atoms with E-state index in [1.54, 1.807) is 49.1 Å². The van der Waals surface area contributed by atoms with Crippen molar-refractivity contribution in [1.82, 2.24) is 5.32 Å². The molecule has 154 valence electrons. The smallest absolute Gasteiger partial charge is 0.262 e. The van der Waals surface area contributed by atoms with Gasteiger partial charge in [0.1, 0.15) is 12.1 Å². The molecule has 2 aromatic rings. The first-order valence-corrected chi connectivity index (χ1v) is 10.2. The minimum absolute atomic E-state index is 0.0707. The molecular weight excluding hydrogens is 414 g/mol. The van der Waals surface area contributed by atoms with Gasteiger partial charge in [0.05, 0.1) is 15.8 Å². The normalized spacial score (nSPS) is 14.6. The van der Waals surface area contributed by atoms with E-state index in [0.29, 0.717) is 28.1 Å². The number of ether oxygens (including phenoxy) is 1. The van der Waals surface area contributed by atoms with Gasteiger partial charge in [-0.1, -0.05) is 11.6 Å². The molecule has 0 saturated carbocycles. The summed E-state index contributed by atoms with van der Waals surface area (Å²) in [4.78, 5) is 39.2. The lowest BCUT2D eigenvalue weighted by Gasteiger charge is -2.29. The molecule has 0 unspecified atom stereocenters. The first kappa shape index (κ1) is 21.3. The molecule has 1 aliphatic rings. The van der Waals surface area contributed by atoms with Gasteiger partial charge in [0.15, 0.2) is 0 Å². The van der Waals surface area contributed by atoms with Crippen LogP contribution in [0, 0.1) is 6.92 Å². The summed E-state index contributed by atoms with van der Waals surface area (Å²) in [6, 6.07) is 8.59. The molecule has 9 heteroatoms. The Balaban J connectivity index is 1.68. The van der Waals surface area contributed by atoms with Crippen molar-refractivity contribution in [2.45, 2.75) is 26.3 Å². The van der Waals surface area contributed by atoms with E-state index in [9.17, 15) is 14.4 Å². The van der Waals surface area contributed by atoms with Gasteiger partial charge in [-0.25, -0.2) is 0 Å². The zero-order chi connectivity index (χ0) is 21.2. The van der Waals surface area contributed by atoms with Crippen molar-refractivity contribution in [3.05, 3.63) is 45.1 Å². The number of carbonyl (C=O) groups excluding carboxylic acids is 3. The van der Waals surface area contributed by atoms with Crippen molar-refractivity contribution in [3.63, 3.8) is 0 Å². The molecule has 2 heterocycles. The van der Waals surface area contributed by atoms with Gasteiger partial charge in [0, 0.05) is 17.9 Å². The summed E-state index contributed by atoms with van der Waals surface area (Å²) in [5, 5.41) is 5.55. The lowest BCUT2D eigenvalue weighted by molar-refractivity contribution is -0.125. The number of aryl methyl sites for hydroxylation is 1. The fourth-order valence-electron chi connectivity index (χ4n) is 2.93. The van der Waals surface area contributed by atoms with Gasteiger partial charge in [-0.3, -0.25) is 14.4 Å². The van der Waals surface area contributed by atoms with E-state index in [0.717, 1.165) is 22.6 Å². The second kappa shape index (κ2) is 8.52. The molecule has 1 aromatic heterocycles. The molecule has 1 saturated heterocycles. The van der Waals surface area contributed by atoms with E-state index in [1.165, 1.54) is 0 Å². The van der Waals surface area contributed by atoms with Gasteiger partial charge in [0.2, 0.25) is 5.91 Å². The zero-order valence-corrected chi connectivity index (χ0v) is 17.9. The minimum Gasteiger partial charge on any atom is -0.370 e. The van der Waals surface area contributed by atoms with Crippen LogP contribution < -0.4 is 15.5 Å². The van der Waals surface area contributed by atoms with E-state index in [2.05, 4.69) is 10.6 Å². The van der Waals surface area contributed by atoms with Crippen molar-refractivity contribution >= 4 is 52.0 Å². The van der Waals surface area contributed by atoms with Crippen molar-refractivity contribution < 1.29 is 19.1 Å². The number of anilines is 2. The van der Waals surface area contributed by atoms with E-state index in [-0.39, 0.29) is 24.3 Å². The molecule has 2 N–H and O–H groups in total. The maximum atomic E-state index is 12.7. The molecule has 1 aromatic carbocycles. The largest absolute Gasteiger partial charge is 0.370 e. The third kappa shape index (κ3) is 4.95. The Labute approximate surface area is 178 Å². The Kier molecular flexibility index (Phi) is 6.26. The summed E-state index contributed by atoms with van der Waals surface area (Å²) in [5.41, 5.74) is 1.09. The molecule has 0 bridgehead atoms. The Hall–Kier alpha value is -2.42. The van der Waals surface area contributed by atoms with E-state index < -0.39 is 5.54 Å². The summed E-state index contributed by atoms with van der Waals surface area (Å²) >= 11 is 7.02. The second-order valence-electron chi connectivity index (χ2n) is 7.24. The van der Waals surface area contributed by atoms with Gasteiger partial charge < -0.3 is 20.3 Å². The Morgan fingerprint density at radius 3 is 2.62 bits per heavy atom. The highest BCUT2D eigenvalue weighted by atomic mass is 35.5. The molecule has 0 radical (unpaired) electrons. The Morgan fingerprint density at radius 2 is 2.00 bits per heavy atom. The van der Waals surface area contributed by atoms with Crippen LogP contribution in [0.2, 0.25) is 4.34 Å². The third-order valence-electron chi connectivity index (χ3n) is 4.52. The second-order valence-corrected chi connectivity index (χ2v) is 8.95. The van der Waals surface area contributed by atoms with E-state index in [1.807, 2.05) is 6.92 Å². The topological polar surface area (TPSA) is 87.7 Å². The molecule has 29 heavy (non-hydrogen) atoms. The average molecular weight is 436 g/mol. The summed E-state index contributed by atoms with van der Waals surface area (Å²) in [6.45, 7) is 6.19. The van der Waals surface area contributed by atoms with Crippen molar-refractivity contribution in [1.29, 1.82) is 0 Å². The SMILES string of the molecule is Cc1cc(NC(=O)C(C)(C)NC(=O)c2ccc(Cl)s2)ccc1N1CCOCC1=O. The van der Waals surface area contributed by atoms with Crippen LogP contribution in [-0.2, 0) is 14.3 Å². The Morgan fingerprint density at radius 1 is 1.24 bits per heavy atom. The van der Waals surface area contributed by atoms with Crippen LogP contribution in [0.1, 0.15) is 29.1 Å². The number of rotatable bonds is 5. The summed E-state index contributed by atoms with van der Waals surface area (Å²) in [5.74, 6) is -0.809. The van der Waals surface area contributed by atoms with Gasteiger partial charge in [-0.2, -0.15) is 0 Å². The number of hydrogen-bond acceptors (Lipinski definition) is 5. The lowest BCUT2D eigenvalue weighted by atomic mass is 10.0. The van der Waals surface area contributed by atoms with Crippen LogP contribution in [0.15, 0.2) is 30.3 Å². The quantitative estimate of drug-likeness (QED) is 0.754. The van der Waals surface area contributed by atoms with E-state index >= 15 is 0 Å². The average Bonchev–Trinajstić information content (AvgIpc) is 3.09. The maximum absolute atomic E-state index is 12.7. The first-order valence-electron chi connectivity index (χ1n) is 9.05. The van der Waals surface area contributed by atoms with Gasteiger partial charge >= 0.3 is 0 Å². The number of carbonyl (C=O) groups is 3. The summed E-state index contributed by atoms with van der Waals surface area (Å²) in [7, 11) is 0. The molecule has 1 fully saturated rings. The lowest BCUT2D eigenvalue weighted by Crippen LogP contribution is -2.52. The van der Waals surface area contributed by atoms with E-state index in [4.69, 9.17) is 16.3 Å². The number of morpholine rings is 1. The Bertz CT molecular complexity index is 957. The predicted octanol–water partition coefficient (Wildman–Crippen LogP) is 3.22. The predicted molar refractivity (Wildman–Crippen MR) is 114 cm³/mol. The van der Waals surface area contributed by atoms with Crippen LogP contribution >= 0.6 is 22.9 Å². The monoisotopic (exact) mass is 435 g/mol. The van der Waals surface area contributed by atoms with Crippen LogP contribution in [-0.4, -0.2) is 43.0 Å². The number of thiophene rings is 1. The fourth-order valence-corrected chi connectivity index (χ4v) is 3.87. The first-order chi connectivity index (χ1) is 13.7. The van der Waals surface area contributed by atoms with Crippen molar-refractivity contribution in [2.75, 3.05) is 30.0 Å². The number of nitrogens with one attached hydrogen (secondary N) is 2. The molecule has 0 atom stereocenters. The highest BCUT2D eigenvalue weighted by Gasteiger charge is 2.30. The maximum Gasteiger partial charge on any atom is 0.262 e. The third-order valence-corrected chi connectivity index (χ3v) is 5.75. The molecule has 3 amide bonds. The number of halogens is 1. The van der Waals surface area contributed by atoms with Crippen LogP contribution in [0.25, 0.3) is 0 Å². The van der Waals surface area contributed by atoms with Gasteiger partial charge in [-0.15, -0.1) is 11.3 Å². The van der Waals surface area contributed by atoms with Crippen LogP contribution in [0.3, 0.4) is 0 Å². The van der Waals surface area contributed by atoms with Crippen LogP contribution in [0.5, 0.6) is 0 Å². The number of hydrogen-bond donors (Lipinski definition) is 2. The molecule has 3 rings (SSSR count). The molecular formula is C20H22ClN3O4S. The summed E-state index contributed by atoms with van der Waals surface area (Å²) in [6.07, 6.45) is 0. The van der Waals surface area contributed by atoms with Gasteiger partial charge in [0.25, 0.3) is 11.8 Å². The number of amides is 3. The standard InChI is InChI=1S/C20H22ClN3O4S/c1-12-10-13(4-5-14(12)24-8-9-28-11-17(24)25)22-19(27)20(2,3)23-18(26)15-6-7-16(21)29-15/h4-7,10H,8-9,11H2,1-3H3,(H,22,27)(H,23,26). The molecule has 7 nitrogen and oxygen atoms in total. The molecule has 0 spiro atoms. The summed E-state index contributed by atoms with van der Waals surface area (Å²) < 4.78 is 5.67. The minimum atomic E-state index is -1.14.